The minimum Gasteiger partial charge on any atom is -0.289 e. The molecule has 0 atom stereocenters. The van der Waals surface area contributed by atoms with E-state index in [0.29, 0.717) is 11.4 Å². The van der Waals surface area contributed by atoms with Crippen LogP contribution in [0.5, 0.6) is 0 Å². The number of carbonyl (C=O) groups excluding carboxylic acids is 1. The summed E-state index contributed by atoms with van der Waals surface area (Å²) in [5.74, 6) is 0.695. The molecule has 140 valence electrons. The van der Waals surface area contributed by atoms with Gasteiger partial charge in [-0.1, -0.05) is 91.0 Å². The van der Waals surface area contributed by atoms with Crippen LogP contribution in [-0.4, -0.2) is 15.8 Å². The molecule has 4 aromatic carbocycles. The zero-order valence-corrected chi connectivity index (χ0v) is 16.0. The van der Waals surface area contributed by atoms with Crippen molar-refractivity contribution in [2.75, 3.05) is 0 Å². The maximum Gasteiger partial charge on any atom is 0.194 e. The molecular weight excluding hydrogens is 368 g/mol. The molecule has 30 heavy (non-hydrogen) atoms. The Morgan fingerprint density at radius 2 is 1.20 bits per heavy atom. The highest BCUT2D eigenvalue weighted by molar-refractivity contribution is 6.23. The summed E-state index contributed by atoms with van der Waals surface area (Å²) in [6.07, 6.45) is 0. The lowest BCUT2D eigenvalue weighted by Crippen LogP contribution is -1.98. The molecule has 6 rings (SSSR count). The van der Waals surface area contributed by atoms with Gasteiger partial charge in [0.2, 0.25) is 0 Å². The van der Waals surface area contributed by atoms with Crippen LogP contribution in [0.15, 0.2) is 97.1 Å². The molecule has 3 heteroatoms. The van der Waals surface area contributed by atoms with Gasteiger partial charge in [0.25, 0.3) is 0 Å². The number of para-hydroxylation sites is 1. The van der Waals surface area contributed by atoms with Crippen LogP contribution in [0, 0.1) is 0 Å². The summed E-state index contributed by atoms with van der Waals surface area (Å²) in [5, 5.41) is 1.01. The lowest BCUT2D eigenvalue weighted by Gasteiger charge is -2.12. The number of benzene rings is 4. The van der Waals surface area contributed by atoms with Crippen molar-refractivity contribution in [1.82, 2.24) is 9.97 Å². The SMILES string of the molecule is O=C1c2ccccc2-c2c1cccc2-c1nc(-c2ccccc2)c2ccccc2n1. The summed E-state index contributed by atoms with van der Waals surface area (Å²) in [4.78, 5) is 22.8. The molecule has 0 saturated heterocycles. The number of ketones is 1. The Bertz CT molecular complexity index is 1450. The van der Waals surface area contributed by atoms with E-state index in [9.17, 15) is 4.79 Å². The Labute approximate surface area is 173 Å². The third-order valence-electron chi connectivity index (χ3n) is 5.64. The van der Waals surface area contributed by atoms with E-state index in [2.05, 4.69) is 18.2 Å². The number of hydrogen-bond acceptors (Lipinski definition) is 3. The average Bonchev–Trinajstić information content (AvgIpc) is 3.11. The minimum absolute atomic E-state index is 0.0616. The lowest BCUT2D eigenvalue weighted by molar-refractivity contribution is 0.104. The van der Waals surface area contributed by atoms with Crippen molar-refractivity contribution < 1.29 is 4.79 Å². The lowest BCUT2D eigenvalue weighted by atomic mass is 9.98. The standard InChI is InChI=1S/C27H16N2O/c30-26-19-12-5-4-11-18(19)24-21(26)14-8-15-22(24)27-28-23-16-7-6-13-20(23)25(29-27)17-9-2-1-3-10-17/h1-16H. The van der Waals surface area contributed by atoms with Gasteiger partial charge in [0.15, 0.2) is 11.6 Å². The summed E-state index contributed by atoms with van der Waals surface area (Å²) >= 11 is 0. The Morgan fingerprint density at radius 1 is 0.533 bits per heavy atom. The van der Waals surface area contributed by atoms with Gasteiger partial charge in [0.1, 0.15) is 0 Å². The largest absolute Gasteiger partial charge is 0.289 e. The van der Waals surface area contributed by atoms with E-state index >= 15 is 0 Å². The molecule has 0 radical (unpaired) electrons. The Hall–Kier alpha value is -4.11. The zero-order valence-electron chi connectivity index (χ0n) is 16.0. The van der Waals surface area contributed by atoms with Crippen LogP contribution in [-0.2, 0) is 0 Å². The summed E-state index contributed by atoms with van der Waals surface area (Å²) in [5.41, 5.74) is 7.03. The van der Waals surface area contributed by atoms with Crippen molar-refractivity contribution in [3.63, 3.8) is 0 Å². The molecule has 0 spiro atoms. The molecule has 0 N–H and O–H groups in total. The van der Waals surface area contributed by atoms with Crippen LogP contribution in [0.2, 0.25) is 0 Å². The molecule has 0 fully saturated rings. The number of carbonyl (C=O) groups is 1. The van der Waals surface area contributed by atoms with Crippen molar-refractivity contribution in [3.05, 3.63) is 108 Å². The van der Waals surface area contributed by atoms with Gasteiger partial charge in [0, 0.05) is 33.2 Å². The third kappa shape index (κ3) is 2.42. The fraction of sp³-hybridized carbons (Fsp3) is 0. The molecule has 3 nitrogen and oxygen atoms in total. The minimum atomic E-state index is 0.0616. The van der Waals surface area contributed by atoms with E-state index in [1.807, 2.05) is 78.9 Å². The fourth-order valence-corrected chi connectivity index (χ4v) is 4.28. The first-order chi connectivity index (χ1) is 14.8. The second-order valence-corrected chi connectivity index (χ2v) is 7.38. The Balaban J connectivity index is 1.67. The molecule has 0 amide bonds. The summed E-state index contributed by atoms with van der Waals surface area (Å²) in [7, 11) is 0. The molecule has 5 aromatic rings. The van der Waals surface area contributed by atoms with Gasteiger partial charge >= 0.3 is 0 Å². The van der Waals surface area contributed by atoms with Crippen LogP contribution in [0.3, 0.4) is 0 Å². The van der Waals surface area contributed by atoms with E-state index in [1.54, 1.807) is 0 Å². The van der Waals surface area contributed by atoms with Gasteiger partial charge in [-0.15, -0.1) is 0 Å². The summed E-state index contributed by atoms with van der Waals surface area (Å²) in [6.45, 7) is 0. The summed E-state index contributed by atoms with van der Waals surface area (Å²) in [6, 6.07) is 31.8. The van der Waals surface area contributed by atoms with Crippen LogP contribution in [0.4, 0.5) is 0 Å². The van der Waals surface area contributed by atoms with Crippen molar-refractivity contribution in [2.24, 2.45) is 0 Å². The number of aromatic nitrogens is 2. The molecule has 0 saturated carbocycles. The first kappa shape index (κ1) is 16.8. The average molecular weight is 384 g/mol. The van der Waals surface area contributed by atoms with Gasteiger partial charge in [-0.25, -0.2) is 9.97 Å². The van der Waals surface area contributed by atoms with Crippen LogP contribution in [0.1, 0.15) is 15.9 Å². The zero-order chi connectivity index (χ0) is 20.1. The third-order valence-corrected chi connectivity index (χ3v) is 5.64. The fourth-order valence-electron chi connectivity index (χ4n) is 4.28. The van der Waals surface area contributed by atoms with Crippen molar-refractivity contribution in [1.29, 1.82) is 0 Å². The van der Waals surface area contributed by atoms with E-state index in [0.717, 1.165) is 44.4 Å². The second-order valence-electron chi connectivity index (χ2n) is 7.38. The molecule has 1 aliphatic carbocycles. The van der Waals surface area contributed by atoms with E-state index < -0.39 is 0 Å². The first-order valence-electron chi connectivity index (χ1n) is 9.91. The van der Waals surface area contributed by atoms with Crippen molar-refractivity contribution >= 4 is 16.7 Å². The van der Waals surface area contributed by atoms with E-state index in [-0.39, 0.29) is 5.78 Å². The first-order valence-corrected chi connectivity index (χ1v) is 9.91. The van der Waals surface area contributed by atoms with Gasteiger partial charge in [-0.05, 0) is 11.6 Å². The van der Waals surface area contributed by atoms with Crippen molar-refractivity contribution in [2.45, 2.75) is 0 Å². The number of hydrogen-bond donors (Lipinski definition) is 0. The van der Waals surface area contributed by atoms with Gasteiger partial charge < -0.3 is 0 Å². The highest BCUT2D eigenvalue weighted by Gasteiger charge is 2.29. The maximum atomic E-state index is 12.9. The topological polar surface area (TPSA) is 42.9 Å². The predicted molar refractivity (Wildman–Crippen MR) is 119 cm³/mol. The van der Waals surface area contributed by atoms with Crippen molar-refractivity contribution in [3.8, 4) is 33.8 Å². The number of nitrogens with zero attached hydrogens (tertiary/aromatic N) is 2. The molecule has 0 bridgehead atoms. The highest BCUT2D eigenvalue weighted by atomic mass is 16.1. The highest BCUT2D eigenvalue weighted by Crippen LogP contribution is 2.42. The molecule has 1 heterocycles. The van der Waals surface area contributed by atoms with Gasteiger partial charge in [-0.3, -0.25) is 4.79 Å². The maximum absolute atomic E-state index is 12.9. The van der Waals surface area contributed by atoms with E-state index in [4.69, 9.17) is 9.97 Å². The van der Waals surface area contributed by atoms with Crippen LogP contribution < -0.4 is 0 Å². The van der Waals surface area contributed by atoms with E-state index in [1.165, 1.54) is 0 Å². The van der Waals surface area contributed by atoms with Gasteiger partial charge in [-0.2, -0.15) is 0 Å². The molecular formula is C27H16N2O. The smallest absolute Gasteiger partial charge is 0.194 e. The monoisotopic (exact) mass is 384 g/mol. The quantitative estimate of drug-likeness (QED) is 0.358. The molecule has 0 unspecified atom stereocenters. The normalized spacial score (nSPS) is 12.1. The predicted octanol–water partition coefficient (Wildman–Crippen LogP) is 6.18. The number of rotatable bonds is 2. The second kappa shape index (κ2) is 6.46. The number of fused-ring (bicyclic) bond motifs is 4. The molecule has 1 aromatic heterocycles. The summed E-state index contributed by atoms with van der Waals surface area (Å²) < 4.78 is 0. The van der Waals surface area contributed by atoms with Crippen LogP contribution in [0.25, 0.3) is 44.7 Å². The van der Waals surface area contributed by atoms with Crippen LogP contribution >= 0.6 is 0 Å². The Kier molecular flexibility index (Phi) is 3.62. The van der Waals surface area contributed by atoms with Gasteiger partial charge in [0.05, 0.1) is 11.2 Å². The molecule has 0 aliphatic heterocycles. The Morgan fingerprint density at radius 3 is 2.07 bits per heavy atom. The molecule has 1 aliphatic rings.